The van der Waals surface area contributed by atoms with E-state index in [4.69, 9.17) is 32.3 Å². The maximum atomic E-state index is 13.0. The number of hydrogen-bond donors (Lipinski definition) is 4. The van der Waals surface area contributed by atoms with Gasteiger partial charge in [0.25, 0.3) is 0 Å². The van der Waals surface area contributed by atoms with Gasteiger partial charge in [-0.15, -0.1) is 0 Å². The molecular weight excluding hydrogens is 1340 g/mol. The van der Waals surface area contributed by atoms with E-state index in [1.807, 2.05) is 0 Å². The monoisotopic (exact) mass is 1480 g/mol. The van der Waals surface area contributed by atoms with E-state index in [1.165, 1.54) is 57.8 Å². The molecule has 0 saturated carbocycles. The van der Waals surface area contributed by atoms with Gasteiger partial charge < -0.3 is 34.2 Å². The minimum atomic E-state index is -4.94. The molecule has 0 saturated heterocycles. The van der Waals surface area contributed by atoms with Crippen molar-refractivity contribution < 1.29 is 75.8 Å². The first-order chi connectivity index (χ1) is 50.2. The Morgan fingerprint density at radius 3 is 0.767 bits per heavy atom. The third-order valence-electron chi connectivity index (χ3n) is 16.2. The topological polar surface area (TPSA) is 231 Å². The first-order valence-electron chi connectivity index (χ1n) is 39.8. The van der Waals surface area contributed by atoms with Gasteiger partial charge in [-0.1, -0.05) is 301 Å². The predicted molar refractivity (Wildman–Crippen MR) is 426 cm³/mol. The molecule has 0 heterocycles. The molecule has 588 valence electrons. The largest absolute Gasteiger partial charge is 0.472 e. The van der Waals surface area contributed by atoms with Crippen molar-refractivity contribution in [2.45, 2.75) is 322 Å². The number of ether oxygens (including phenoxy) is 3. The molecule has 103 heavy (non-hydrogen) atoms. The van der Waals surface area contributed by atoms with Crippen molar-refractivity contribution in [3.8, 4) is 0 Å². The number of rotatable bonds is 74. The molecule has 4 N–H and O–H groups in total. The Bertz CT molecular complexity index is 2500. The highest BCUT2D eigenvalue weighted by atomic mass is 31.2. The van der Waals surface area contributed by atoms with Gasteiger partial charge in [0.05, 0.1) is 26.4 Å². The van der Waals surface area contributed by atoms with Gasteiger partial charge >= 0.3 is 33.6 Å². The molecule has 18 heteroatoms. The van der Waals surface area contributed by atoms with Crippen LogP contribution in [0.2, 0.25) is 0 Å². The number of hydrogen-bond acceptors (Lipinski definition) is 14. The Morgan fingerprint density at radius 2 is 0.485 bits per heavy atom. The molecule has 0 aliphatic carbocycles. The van der Waals surface area contributed by atoms with Crippen LogP contribution >= 0.6 is 15.6 Å². The highest BCUT2D eigenvalue weighted by Crippen LogP contribution is 2.45. The summed E-state index contributed by atoms with van der Waals surface area (Å²) in [6.45, 7) is 2.31. The van der Waals surface area contributed by atoms with E-state index in [0.29, 0.717) is 19.3 Å². The zero-order valence-electron chi connectivity index (χ0n) is 64.2. The SMILES string of the molecule is CC/C=C\C/C=C\C/C=C\C/C=C\C/C=C\CCCCCCCCCCCCCCCC(=O)OCC(O)COP(=O)(O)OCC(O)COP(=O)(O)OCC(COC(=O)CCCCCCCCC/C=C\C/C=C\C/C=C\C/C=C\C/C=C\CC)OC(=O)CCCCCCC/C=C\C/C=C\C/C=C\CC. The Labute approximate surface area is 625 Å². The van der Waals surface area contributed by atoms with E-state index < -0.39 is 91.5 Å². The van der Waals surface area contributed by atoms with Gasteiger partial charge in [0.2, 0.25) is 0 Å². The Kier molecular flexibility index (Phi) is 73.2. The van der Waals surface area contributed by atoms with Crippen molar-refractivity contribution in [1.82, 2.24) is 0 Å². The number of allylic oxidation sites excluding steroid dienone is 26. The number of phosphoric ester groups is 2. The van der Waals surface area contributed by atoms with Crippen molar-refractivity contribution in [3.05, 3.63) is 158 Å². The van der Waals surface area contributed by atoms with Gasteiger partial charge in [-0.05, 0) is 141 Å². The van der Waals surface area contributed by atoms with Crippen molar-refractivity contribution in [2.75, 3.05) is 39.6 Å². The number of aliphatic hydroxyl groups is 2. The van der Waals surface area contributed by atoms with Crippen LogP contribution in [0.4, 0.5) is 0 Å². The van der Waals surface area contributed by atoms with E-state index in [-0.39, 0.29) is 19.3 Å². The lowest BCUT2D eigenvalue weighted by atomic mass is 10.0. The molecule has 0 aliphatic heterocycles. The molecule has 0 rings (SSSR count). The third kappa shape index (κ3) is 78.1. The van der Waals surface area contributed by atoms with Crippen molar-refractivity contribution in [3.63, 3.8) is 0 Å². The summed E-state index contributed by atoms with van der Waals surface area (Å²) in [7, 11) is -9.81. The summed E-state index contributed by atoms with van der Waals surface area (Å²) in [5.41, 5.74) is 0. The lowest BCUT2D eigenvalue weighted by Crippen LogP contribution is -2.30. The fraction of sp³-hybridized carbons (Fsp3) is 0.659. The Morgan fingerprint density at radius 1 is 0.272 bits per heavy atom. The Hall–Kier alpha value is -4.83. The molecule has 0 bridgehead atoms. The zero-order valence-corrected chi connectivity index (χ0v) is 66.0. The smallest absolute Gasteiger partial charge is 0.463 e. The van der Waals surface area contributed by atoms with Gasteiger partial charge in [0.15, 0.2) is 6.10 Å². The van der Waals surface area contributed by atoms with E-state index in [9.17, 15) is 43.5 Å². The van der Waals surface area contributed by atoms with Crippen LogP contribution in [-0.4, -0.2) is 95.9 Å². The van der Waals surface area contributed by atoms with Gasteiger partial charge in [-0.3, -0.25) is 32.5 Å². The molecule has 5 atom stereocenters. The van der Waals surface area contributed by atoms with Crippen LogP contribution in [0.5, 0.6) is 0 Å². The molecule has 0 aliphatic rings. The standard InChI is InChI=1S/C85H142O16P2/c1-4-7-10-13-16-19-22-25-28-30-32-34-36-37-38-39-40-41-43-45-46-48-51-53-56-59-62-65-68-71-83(88)95-74-80(86)75-97-102(91,92)98-76-81(87)77-99-103(93,94)100-79-82(101-85(90)73-70-67-64-61-58-55-50-27-24-21-18-15-12-9-6-3)78-96-84(89)72-69-66-63-60-57-54-52-49-47-44-42-35-33-31-29-26-23-20-17-14-11-8-5-2/h7-12,16-21,25-29,32-35,37-38,44,47,50,80-82,86-87H,4-6,13-15,22-24,30-31,36,39-43,45-46,48-49,51-79H2,1-3H3,(H,91,92)(H,93,94)/b10-7-,11-8-,12-9-,19-16-,20-17-,21-18-,28-25-,29-26-,34-32-,35-33-,38-37-,47-44-,50-27-. The van der Waals surface area contributed by atoms with Crippen LogP contribution in [-0.2, 0) is 55.8 Å². The maximum absolute atomic E-state index is 13.0. The summed E-state index contributed by atoms with van der Waals surface area (Å²) < 4.78 is 61.1. The molecule has 0 radical (unpaired) electrons. The maximum Gasteiger partial charge on any atom is 0.472 e. The molecule has 0 amide bonds. The van der Waals surface area contributed by atoms with Gasteiger partial charge in [0.1, 0.15) is 25.4 Å². The van der Waals surface area contributed by atoms with Crippen LogP contribution < -0.4 is 0 Å². The fourth-order valence-electron chi connectivity index (χ4n) is 10.3. The van der Waals surface area contributed by atoms with Gasteiger partial charge in [-0.25, -0.2) is 9.13 Å². The van der Waals surface area contributed by atoms with Crippen molar-refractivity contribution >= 4 is 33.6 Å². The van der Waals surface area contributed by atoms with Crippen LogP contribution in [0.25, 0.3) is 0 Å². The first kappa shape index (κ1) is 98.2. The van der Waals surface area contributed by atoms with E-state index in [1.54, 1.807) is 0 Å². The van der Waals surface area contributed by atoms with E-state index in [2.05, 4.69) is 179 Å². The number of phosphoric acid groups is 2. The summed E-state index contributed by atoms with van der Waals surface area (Å²) in [6.07, 6.45) is 95.8. The van der Waals surface area contributed by atoms with Crippen LogP contribution in [0, 0.1) is 0 Å². The minimum Gasteiger partial charge on any atom is -0.463 e. The van der Waals surface area contributed by atoms with Crippen LogP contribution in [0.3, 0.4) is 0 Å². The predicted octanol–water partition coefficient (Wildman–Crippen LogP) is 23.4. The zero-order chi connectivity index (χ0) is 75.2. The van der Waals surface area contributed by atoms with Crippen molar-refractivity contribution in [1.29, 1.82) is 0 Å². The molecule has 0 aromatic heterocycles. The number of carbonyl (C=O) groups excluding carboxylic acids is 3. The number of carbonyl (C=O) groups is 3. The number of unbranched alkanes of at least 4 members (excludes halogenated alkanes) is 25. The minimum absolute atomic E-state index is 0.0780. The van der Waals surface area contributed by atoms with Gasteiger partial charge in [0, 0.05) is 19.3 Å². The molecule has 16 nitrogen and oxygen atoms in total. The summed E-state index contributed by atoms with van der Waals surface area (Å²) in [5, 5.41) is 20.6. The first-order valence-corrected chi connectivity index (χ1v) is 42.8. The molecule has 0 fully saturated rings. The molecule has 0 aromatic rings. The van der Waals surface area contributed by atoms with Crippen molar-refractivity contribution in [2.24, 2.45) is 0 Å². The second-order valence-corrected chi connectivity index (χ2v) is 29.0. The van der Waals surface area contributed by atoms with Gasteiger partial charge in [-0.2, -0.15) is 0 Å². The highest BCUT2D eigenvalue weighted by molar-refractivity contribution is 7.47. The summed E-state index contributed by atoms with van der Waals surface area (Å²) in [6, 6.07) is 0. The second-order valence-electron chi connectivity index (χ2n) is 26.1. The highest BCUT2D eigenvalue weighted by Gasteiger charge is 2.29. The van der Waals surface area contributed by atoms with Crippen LogP contribution in [0.1, 0.15) is 303 Å². The summed E-state index contributed by atoms with van der Waals surface area (Å²) >= 11 is 0. The lowest BCUT2D eigenvalue weighted by molar-refractivity contribution is -0.161. The molecular formula is C85H142O16P2. The van der Waals surface area contributed by atoms with E-state index in [0.717, 1.165) is 186 Å². The summed E-state index contributed by atoms with van der Waals surface area (Å²) in [5.74, 6) is -1.61. The normalized spacial score (nSPS) is 14.8. The van der Waals surface area contributed by atoms with E-state index >= 15 is 0 Å². The Balaban J connectivity index is 4.56. The third-order valence-corrected chi connectivity index (χ3v) is 18.1. The molecule has 5 unspecified atom stereocenters. The molecule has 0 spiro atoms. The number of esters is 3. The molecule has 0 aromatic carbocycles. The lowest BCUT2D eigenvalue weighted by Gasteiger charge is -2.21. The fourth-order valence-corrected chi connectivity index (χ4v) is 11.9. The average molecular weight is 1480 g/mol. The van der Waals surface area contributed by atoms with Crippen LogP contribution in [0.15, 0.2) is 158 Å². The average Bonchev–Trinajstić information content (AvgIpc) is 0.915. The quantitative estimate of drug-likeness (QED) is 0.0146. The number of aliphatic hydroxyl groups excluding tert-OH is 2. The second kappa shape index (κ2) is 76.8. The summed E-state index contributed by atoms with van der Waals surface area (Å²) in [4.78, 5) is 58.7.